The Morgan fingerprint density at radius 3 is 2.21 bits per heavy atom. The molecule has 1 aromatic heterocycles. The lowest BCUT2D eigenvalue weighted by Gasteiger charge is -2.23. The summed E-state index contributed by atoms with van der Waals surface area (Å²) in [6.45, 7) is 2.12. The summed E-state index contributed by atoms with van der Waals surface area (Å²) < 4.78 is 17.2. The van der Waals surface area contributed by atoms with Crippen LogP contribution in [0.3, 0.4) is 0 Å². The van der Waals surface area contributed by atoms with Crippen molar-refractivity contribution >= 4 is 10.8 Å². The van der Waals surface area contributed by atoms with E-state index in [4.69, 9.17) is 4.42 Å². The van der Waals surface area contributed by atoms with Crippen molar-refractivity contribution in [2.45, 2.75) is 23.9 Å². The largest absolute Gasteiger partial charge is 0.467 e. The van der Waals surface area contributed by atoms with Gasteiger partial charge in [-0.05, 0) is 42.3 Å². The number of furan rings is 1. The van der Waals surface area contributed by atoms with Crippen molar-refractivity contribution in [2.24, 2.45) is 0 Å². The summed E-state index contributed by atoms with van der Waals surface area (Å²) in [6, 6.07) is 22.2. The SMILES string of the molecule is CC(NC(c1ccccc1)c1ccco1)c1ccc(S(C)=O)cc1. The summed E-state index contributed by atoms with van der Waals surface area (Å²) in [4.78, 5) is 0.844. The van der Waals surface area contributed by atoms with Crippen LogP contribution in [-0.2, 0) is 10.8 Å². The highest BCUT2D eigenvalue weighted by molar-refractivity contribution is 7.84. The summed E-state index contributed by atoms with van der Waals surface area (Å²) in [7, 11) is -0.951. The third-order valence-corrected chi connectivity index (χ3v) is 5.03. The van der Waals surface area contributed by atoms with Gasteiger partial charge in [0.25, 0.3) is 0 Å². The van der Waals surface area contributed by atoms with Crippen molar-refractivity contribution in [1.29, 1.82) is 0 Å². The molecule has 3 nitrogen and oxygen atoms in total. The molecule has 0 aliphatic rings. The summed E-state index contributed by atoms with van der Waals surface area (Å²) in [5.74, 6) is 0.888. The average molecular weight is 339 g/mol. The van der Waals surface area contributed by atoms with E-state index in [1.165, 1.54) is 0 Å². The lowest BCUT2D eigenvalue weighted by atomic mass is 10.0. The Morgan fingerprint density at radius 1 is 0.917 bits per heavy atom. The van der Waals surface area contributed by atoms with Gasteiger partial charge in [-0.1, -0.05) is 42.5 Å². The first-order valence-corrected chi connectivity index (χ1v) is 9.49. The van der Waals surface area contributed by atoms with Crippen LogP contribution in [0.25, 0.3) is 0 Å². The molecule has 0 aliphatic heterocycles. The predicted octanol–water partition coefficient (Wildman–Crippen LogP) is 4.46. The quantitative estimate of drug-likeness (QED) is 0.721. The third kappa shape index (κ3) is 3.83. The molecule has 0 radical (unpaired) electrons. The highest BCUT2D eigenvalue weighted by Gasteiger charge is 2.19. The van der Waals surface area contributed by atoms with Crippen LogP contribution in [0.5, 0.6) is 0 Å². The molecule has 0 saturated heterocycles. The Morgan fingerprint density at radius 2 is 1.62 bits per heavy atom. The van der Waals surface area contributed by atoms with E-state index in [-0.39, 0.29) is 12.1 Å². The van der Waals surface area contributed by atoms with Gasteiger partial charge in [-0.3, -0.25) is 9.53 Å². The van der Waals surface area contributed by atoms with Crippen molar-refractivity contribution in [3.8, 4) is 0 Å². The van der Waals surface area contributed by atoms with Crippen LogP contribution in [0.15, 0.2) is 82.3 Å². The summed E-state index contributed by atoms with van der Waals surface area (Å²) in [5.41, 5.74) is 2.31. The molecule has 4 heteroatoms. The first-order valence-electron chi connectivity index (χ1n) is 7.93. The lowest BCUT2D eigenvalue weighted by molar-refractivity contribution is 0.419. The standard InChI is InChI=1S/C20H21NO2S/c1-15(16-10-12-18(13-11-16)24(2)22)21-20(19-9-6-14-23-19)17-7-4-3-5-8-17/h3-15,20-21H,1-2H3. The van der Waals surface area contributed by atoms with Gasteiger partial charge in [0, 0.05) is 28.0 Å². The fourth-order valence-corrected chi connectivity index (χ4v) is 3.26. The zero-order valence-electron chi connectivity index (χ0n) is 13.8. The molecule has 0 saturated carbocycles. The van der Waals surface area contributed by atoms with Crippen LogP contribution < -0.4 is 5.32 Å². The van der Waals surface area contributed by atoms with Gasteiger partial charge in [-0.2, -0.15) is 0 Å². The van der Waals surface area contributed by atoms with E-state index in [0.29, 0.717) is 0 Å². The molecule has 3 atom stereocenters. The molecule has 0 aliphatic carbocycles. The Balaban J connectivity index is 1.83. The monoisotopic (exact) mass is 339 g/mol. The Kier molecular flexibility index (Phi) is 5.28. The van der Waals surface area contributed by atoms with E-state index in [1.54, 1.807) is 12.5 Å². The molecule has 1 N–H and O–H groups in total. The topological polar surface area (TPSA) is 42.2 Å². The molecule has 24 heavy (non-hydrogen) atoms. The maximum absolute atomic E-state index is 11.5. The minimum atomic E-state index is -0.951. The Bertz CT molecular complexity index is 782. The maximum Gasteiger partial charge on any atom is 0.125 e. The Labute approximate surface area is 145 Å². The number of nitrogens with one attached hydrogen (secondary N) is 1. The molecule has 2 aromatic carbocycles. The molecular formula is C20H21NO2S. The first kappa shape index (κ1) is 16.7. The second-order valence-corrected chi connectivity index (χ2v) is 7.15. The van der Waals surface area contributed by atoms with E-state index >= 15 is 0 Å². The van der Waals surface area contributed by atoms with Crippen LogP contribution >= 0.6 is 0 Å². The van der Waals surface area contributed by atoms with Gasteiger partial charge >= 0.3 is 0 Å². The molecular weight excluding hydrogens is 318 g/mol. The van der Waals surface area contributed by atoms with Crippen molar-refractivity contribution in [2.75, 3.05) is 6.26 Å². The molecule has 0 bridgehead atoms. The van der Waals surface area contributed by atoms with Crippen molar-refractivity contribution in [3.05, 3.63) is 89.9 Å². The van der Waals surface area contributed by atoms with E-state index in [1.807, 2.05) is 54.6 Å². The molecule has 3 unspecified atom stereocenters. The van der Waals surface area contributed by atoms with E-state index in [0.717, 1.165) is 21.8 Å². The fourth-order valence-electron chi connectivity index (χ4n) is 2.74. The average Bonchev–Trinajstić information content (AvgIpc) is 3.14. The van der Waals surface area contributed by atoms with Crippen LogP contribution in [0.1, 0.15) is 35.9 Å². The fraction of sp³-hybridized carbons (Fsp3) is 0.200. The van der Waals surface area contributed by atoms with Crippen LogP contribution in [0, 0.1) is 0 Å². The van der Waals surface area contributed by atoms with Crippen molar-refractivity contribution in [3.63, 3.8) is 0 Å². The maximum atomic E-state index is 11.5. The molecule has 0 spiro atoms. The normalized spacial score (nSPS) is 14.9. The van der Waals surface area contributed by atoms with Gasteiger partial charge in [0.05, 0.1) is 12.3 Å². The van der Waals surface area contributed by atoms with Crippen molar-refractivity contribution in [1.82, 2.24) is 5.32 Å². The highest BCUT2D eigenvalue weighted by Crippen LogP contribution is 2.26. The van der Waals surface area contributed by atoms with Gasteiger partial charge in [0.1, 0.15) is 5.76 Å². The third-order valence-electron chi connectivity index (χ3n) is 4.09. The second kappa shape index (κ2) is 7.60. The van der Waals surface area contributed by atoms with Gasteiger partial charge in [-0.25, -0.2) is 0 Å². The zero-order chi connectivity index (χ0) is 16.9. The first-order chi connectivity index (χ1) is 11.6. The molecule has 3 aromatic rings. The molecule has 1 heterocycles. The minimum Gasteiger partial charge on any atom is -0.467 e. The van der Waals surface area contributed by atoms with Crippen LogP contribution in [0.4, 0.5) is 0 Å². The van der Waals surface area contributed by atoms with Crippen LogP contribution in [0.2, 0.25) is 0 Å². The lowest BCUT2D eigenvalue weighted by Crippen LogP contribution is -2.25. The highest BCUT2D eigenvalue weighted by atomic mass is 32.2. The number of hydrogen-bond donors (Lipinski definition) is 1. The van der Waals surface area contributed by atoms with E-state index in [2.05, 4.69) is 24.4 Å². The van der Waals surface area contributed by atoms with Gasteiger partial charge in [-0.15, -0.1) is 0 Å². The smallest absolute Gasteiger partial charge is 0.125 e. The number of hydrogen-bond acceptors (Lipinski definition) is 3. The molecule has 3 rings (SSSR count). The number of rotatable bonds is 6. The van der Waals surface area contributed by atoms with Gasteiger partial charge < -0.3 is 4.42 Å². The molecule has 0 amide bonds. The van der Waals surface area contributed by atoms with Gasteiger partial charge in [0.15, 0.2) is 0 Å². The van der Waals surface area contributed by atoms with Gasteiger partial charge in [0.2, 0.25) is 0 Å². The summed E-state index contributed by atoms with van der Waals surface area (Å²) in [5, 5.41) is 3.63. The van der Waals surface area contributed by atoms with Crippen molar-refractivity contribution < 1.29 is 8.63 Å². The van der Waals surface area contributed by atoms with Crippen LogP contribution in [-0.4, -0.2) is 10.5 Å². The summed E-state index contributed by atoms with van der Waals surface area (Å²) in [6.07, 6.45) is 3.39. The minimum absolute atomic E-state index is 0.0174. The van der Waals surface area contributed by atoms with E-state index in [9.17, 15) is 4.21 Å². The molecule has 124 valence electrons. The van der Waals surface area contributed by atoms with E-state index < -0.39 is 10.8 Å². The predicted molar refractivity (Wildman–Crippen MR) is 97.3 cm³/mol. The number of benzene rings is 2. The summed E-state index contributed by atoms with van der Waals surface area (Å²) >= 11 is 0. The second-order valence-electron chi connectivity index (χ2n) is 5.77. The molecule has 0 fully saturated rings. The zero-order valence-corrected chi connectivity index (χ0v) is 14.6. The Hall–Kier alpha value is -2.17.